The average molecular weight is 344 g/mol. The number of hydrogen-bond acceptors (Lipinski definition) is 10. The first-order valence-corrected chi connectivity index (χ1v) is 8.80. The summed E-state index contributed by atoms with van der Waals surface area (Å²) >= 11 is 3.97. The molecule has 0 aliphatic carbocycles. The van der Waals surface area contributed by atoms with Gasteiger partial charge < -0.3 is 5.32 Å². The molecule has 0 amide bonds. The monoisotopic (exact) mass is 344 g/mol. The molecular formula is C10H12N6O2S3. The van der Waals surface area contributed by atoms with Gasteiger partial charge in [0.2, 0.25) is 5.95 Å². The normalized spacial score (nSPS) is 10.6. The van der Waals surface area contributed by atoms with Crippen molar-refractivity contribution in [3.63, 3.8) is 0 Å². The van der Waals surface area contributed by atoms with E-state index in [4.69, 9.17) is 0 Å². The molecule has 11 heteroatoms. The van der Waals surface area contributed by atoms with Crippen molar-refractivity contribution in [2.24, 2.45) is 0 Å². The zero-order valence-corrected chi connectivity index (χ0v) is 13.7. The van der Waals surface area contributed by atoms with Crippen LogP contribution in [0.4, 0.5) is 11.6 Å². The average Bonchev–Trinajstić information content (AvgIpc) is 2.92. The predicted octanol–water partition coefficient (Wildman–Crippen LogP) is 2.93. The Kier molecular flexibility index (Phi) is 5.70. The first kappa shape index (κ1) is 15.9. The van der Waals surface area contributed by atoms with Gasteiger partial charge in [-0.15, -0.1) is 10.2 Å². The minimum atomic E-state index is -0.498. The highest BCUT2D eigenvalue weighted by Gasteiger charge is 2.20. The Hall–Kier alpha value is -1.46. The second-order valence-corrected chi connectivity index (χ2v) is 6.97. The third kappa shape index (κ3) is 4.25. The molecule has 0 aromatic carbocycles. The number of nitrogens with one attached hydrogen (secondary N) is 1. The SMILES string of the molecule is CCCNc1ncc([N+](=O)[O-])c(Sc2nnc(SC)s2)n1. The Morgan fingerprint density at radius 3 is 2.81 bits per heavy atom. The highest BCUT2D eigenvalue weighted by Crippen LogP contribution is 2.36. The fourth-order valence-corrected chi connectivity index (χ4v) is 3.70. The third-order valence-corrected chi connectivity index (χ3v) is 5.16. The lowest BCUT2D eigenvalue weighted by Crippen LogP contribution is -2.06. The van der Waals surface area contributed by atoms with E-state index in [0.717, 1.165) is 22.5 Å². The minimum absolute atomic E-state index is 0.136. The van der Waals surface area contributed by atoms with E-state index >= 15 is 0 Å². The number of nitrogens with zero attached hydrogens (tertiary/aromatic N) is 5. The van der Waals surface area contributed by atoms with Crippen LogP contribution in [-0.2, 0) is 0 Å². The van der Waals surface area contributed by atoms with E-state index in [2.05, 4.69) is 25.5 Å². The Morgan fingerprint density at radius 2 is 2.19 bits per heavy atom. The lowest BCUT2D eigenvalue weighted by molar-refractivity contribution is -0.388. The van der Waals surface area contributed by atoms with Crippen LogP contribution in [0.15, 0.2) is 19.9 Å². The summed E-state index contributed by atoms with van der Waals surface area (Å²) in [5, 5.41) is 22.3. The molecule has 1 N–H and O–H groups in total. The van der Waals surface area contributed by atoms with Crippen molar-refractivity contribution in [3.05, 3.63) is 16.3 Å². The summed E-state index contributed by atoms with van der Waals surface area (Å²) in [4.78, 5) is 18.7. The molecule has 8 nitrogen and oxygen atoms in total. The summed E-state index contributed by atoms with van der Waals surface area (Å²) in [7, 11) is 0. The molecule has 2 heterocycles. The highest BCUT2D eigenvalue weighted by molar-refractivity contribution is 8.03. The molecule has 0 atom stereocenters. The number of hydrogen-bond donors (Lipinski definition) is 1. The van der Waals surface area contributed by atoms with E-state index < -0.39 is 4.92 Å². The van der Waals surface area contributed by atoms with Crippen molar-refractivity contribution < 1.29 is 4.92 Å². The highest BCUT2D eigenvalue weighted by atomic mass is 32.2. The Morgan fingerprint density at radius 1 is 1.43 bits per heavy atom. The fraction of sp³-hybridized carbons (Fsp3) is 0.400. The van der Waals surface area contributed by atoms with Crippen molar-refractivity contribution in [3.8, 4) is 0 Å². The van der Waals surface area contributed by atoms with Crippen molar-refractivity contribution in [1.82, 2.24) is 20.2 Å². The van der Waals surface area contributed by atoms with Crippen LogP contribution in [0.1, 0.15) is 13.3 Å². The Bertz CT molecular complexity index is 635. The first-order valence-electron chi connectivity index (χ1n) is 5.94. The second-order valence-electron chi connectivity index (χ2n) is 3.71. The summed E-state index contributed by atoms with van der Waals surface area (Å²) in [6, 6.07) is 0. The zero-order chi connectivity index (χ0) is 15.2. The van der Waals surface area contributed by atoms with Gasteiger partial charge in [-0.2, -0.15) is 4.98 Å². The predicted molar refractivity (Wildman–Crippen MR) is 83.3 cm³/mol. The largest absolute Gasteiger partial charge is 0.354 e. The molecule has 0 saturated heterocycles. The van der Waals surface area contributed by atoms with Crippen LogP contribution >= 0.6 is 34.9 Å². The number of thioether (sulfide) groups is 1. The van der Waals surface area contributed by atoms with Crippen LogP contribution in [0.3, 0.4) is 0 Å². The van der Waals surface area contributed by atoms with Gasteiger partial charge in [0, 0.05) is 6.54 Å². The molecule has 0 fully saturated rings. The van der Waals surface area contributed by atoms with E-state index in [0.29, 0.717) is 16.8 Å². The number of nitro groups is 1. The van der Waals surface area contributed by atoms with E-state index in [9.17, 15) is 10.1 Å². The molecule has 112 valence electrons. The molecule has 0 bridgehead atoms. The van der Waals surface area contributed by atoms with Gasteiger partial charge in [0.05, 0.1) is 4.92 Å². The molecule has 0 unspecified atom stereocenters. The minimum Gasteiger partial charge on any atom is -0.354 e. The number of anilines is 1. The van der Waals surface area contributed by atoms with Crippen LogP contribution in [0.25, 0.3) is 0 Å². The van der Waals surface area contributed by atoms with Crippen molar-refractivity contribution in [1.29, 1.82) is 0 Å². The summed E-state index contributed by atoms with van der Waals surface area (Å²) in [5.74, 6) is 0.375. The third-order valence-electron chi connectivity index (χ3n) is 2.21. The lowest BCUT2D eigenvalue weighted by Gasteiger charge is -2.04. The molecule has 21 heavy (non-hydrogen) atoms. The molecule has 0 aliphatic rings. The van der Waals surface area contributed by atoms with Crippen molar-refractivity contribution in [2.75, 3.05) is 18.1 Å². The molecule has 0 radical (unpaired) electrons. The van der Waals surface area contributed by atoms with Crippen LogP contribution in [-0.4, -0.2) is 37.9 Å². The zero-order valence-electron chi connectivity index (χ0n) is 11.3. The lowest BCUT2D eigenvalue weighted by atomic mass is 10.5. The molecule has 2 aromatic rings. The Balaban J connectivity index is 2.27. The van der Waals surface area contributed by atoms with Gasteiger partial charge in [0.25, 0.3) is 0 Å². The van der Waals surface area contributed by atoms with Gasteiger partial charge in [0.15, 0.2) is 13.7 Å². The van der Waals surface area contributed by atoms with Gasteiger partial charge >= 0.3 is 5.69 Å². The maximum atomic E-state index is 11.1. The molecule has 2 rings (SSSR count). The van der Waals surface area contributed by atoms with E-state index in [1.54, 1.807) is 0 Å². The summed E-state index contributed by atoms with van der Waals surface area (Å²) in [6.45, 7) is 2.72. The summed E-state index contributed by atoms with van der Waals surface area (Å²) in [6.07, 6.45) is 4.02. The van der Waals surface area contributed by atoms with Gasteiger partial charge in [-0.3, -0.25) is 10.1 Å². The summed E-state index contributed by atoms with van der Waals surface area (Å²) in [5.41, 5.74) is -0.136. The quantitative estimate of drug-likeness (QED) is 0.351. The van der Waals surface area contributed by atoms with Crippen LogP contribution in [0, 0.1) is 10.1 Å². The van der Waals surface area contributed by atoms with E-state index in [-0.39, 0.29) is 10.7 Å². The summed E-state index contributed by atoms with van der Waals surface area (Å²) < 4.78 is 1.42. The smallest absolute Gasteiger partial charge is 0.320 e. The Labute approximate surface area is 133 Å². The molecule has 2 aromatic heterocycles. The van der Waals surface area contributed by atoms with Crippen molar-refractivity contribution in [2.45, 2.75) is 27.0 Å². The van der Waals surface area contributed by atoms with Gasteiger partial charge in [-0.1, -0.05) is 30.0 Å². The first-order chi connectivity index (χ1) is 10.1. The molecule has 0 saturated carbocycles. The number of aromatic nitrogens is 4. The maximum absolute atomic E-state index is 11.1. The van der Waals surface area contributed by atoms with Crippen LogP contribution in [0.2, 0.25) is 0 Å². The number of rotatable bonds is 7. The van der Waals surface area contributed by atoms with Gasteiger partial charge in [-0.25, -0.2) is 4.98 Å². The van der Waals surface area contributed by atoms with Crippen LogP contribution in [0.5, 0.6) is 0 Å². The van der Waals surface area contributed by atoms with Crippen LogP contribution < -0.4 is 5.32 Å². The topological polar surface area (TPSA) is 107 Å². The van der Waals surface area contributed by atoms with Gasteiger partial charge in [-0.05, 0) is 24.4 Å². The standard InChI is InChI=1S/C10H12N6O2S3/c1-3-4-11-8-12-5-6(16(17)18)7(13-8)20-10-15-14-9(19-2)21-10/h5H,3-4H2,1-2H3,(H,11,12,13). The maximum Gasteiger partial charge on any atom is 0.320 e. The molecule has 0 spiro atoms. The molecular weight excluding hydrogens is 332 g/mol. The van der Waals surface area contributed by atoms with Crippen molar-refractivity contribution >= 4 is 46.5 Å². The fourth-order valence-electron chi connectivity index (χ4n) is 1.29. The molecule has 0 aliphatic heterocycles. The van der Waals surface area contributed by atoms with E-state index in [1.807, 2.05) is 13.2 Å². The second kappa shape index (κ2) is 7.52. The van der Waals surface area contributed by atoms with Gasteiger partial charge in [0.1, 0.15) is 6.20 Å². The van der Waals surface area contributed by atoms with E-state index in [1.165, 1.54) is 29.3 Å².